The molecule has 1 aromatic carbocycles. The van der Waals surface area contributed by atoms with Gasteiger partial charge in [0.1, 0.15) is 5.75 Å². The van der Waals surface area contributed by atoms with Crippen molar-refractivity contribution in [3.8, 4) is 5.75 Å². The summed E-state index contributed by atoms with van der Waals surface area (Å²) in [6.45, 7) is 5.29. The molecule has 3 rings (SSSR count). The fourth-order valence-corrected chi connectivity index (χ4v) is 3.85. The highest BCUT2D eigenvalue weighted by molar-refractivity contribution is 5.68. The first-order chi connectivity index (χ1) is 13.3. The number of nitrogens with zero attached hydrogens (tertiary/aromatic N) is 1. The lowest BCUT2D eigenvalue weighted by atomic mass is 9.78. The average molecular weight is 364 g/mol. The Labute approximate surface area is 164 Å². The normalized spacial score (nSPS) is 20.1. The summed E-state index contributed by atoms with van der Waals surface area (Å²) in [7, 11) is 0. The summed E-state index contributed by atoms with van der Waals surface area (Å²) in [6.07, 6.45) is 15.3. The summed E-state index contributed by atoms with van der Waals surface area (Å²) in [4.78, 5) is 4.66. The van der Waals surface area contributed by atoms with E-state index in [1.807, 2.05) is 12.1 Å². The number of hydrogen-bond donors (Lipinski definition) is 0. The van der Waals surface area contributed by atoms with E-state index in [4.69, 9.17) is 4.74 Å². The van der Waals surface area contributed by atoms with Gasteiger partial charge in [0.25, 0.3) is 0 Å². The topological polar surface area (TPSA) is 22.1 Å². The fraction of sp³-hybridized carbons (Fsp3) is 0.480. The van der Waals surface area contributed by atoms with E-state index in [-0.39, 0.29) is 0 Å². The van der Waals surface area contributed by atoms with Crippen LogP contribution in [0.25, 0.3) is 12.2 Å². The van der Waals surface area contributed by atoms with Crippen molar-refractivity contribution in [2.45, 2.75) is 64.7 Å². The Morgan fingerprint density at radius 1 is 0.963 bits per heavy atom. The van der Waals surface area contributed by atoms with Gasteiger partial charge in [0.15, 0.2) is 0 Å². The van der Waals surface area contributed by atoms with Crippen LogP contribution in [0.2, 0.25) is 0 Å². The number of benzene rings is 1. The molecule has 2 heteroatoms. The molecule has 0 bridgehead atoms. The number of unbranched alkanes of at least 4 members (excludes halogenated alkanes) is 1. The zero-order valence-electron chi connectivity index (χ0n) is 16.9. The van der Waals surface area contributed by atoms with E-state index in [9.17, 15) is 0 Å². The summed E-state index contributed by atoms with van der Waals surface area (Å²) >= 11 is 0. The minimum Gasteiger partial charge on any atom is -0.494 e. The summed E-state index contributed by atoms with van der Waals surface area (Å²) in [5.41, 5.74) is 3.60. The van der Waals surface area contributed by atoms with Gasteiger partial charge in [-0.05, 0) is 79.3 Å². The van der Waals surface area contributed by atoms with Gasteiger partial charge < -0.3 is 4.74 Å². The van der Waals surface area contributed by atoms with Crippen LogP contribution in [0.1, 0.15) is 81.5 Å². The molecule has 0 spiro atoms. The average Bonchev–Trinajstić information content (AvgIpc) is 2.74. The van der Waals surface area contributed by atoms with Gasteiger partial charge in [0.2, 0.25) is 0 Å². The van der Waals surface area contributed by atoms with Gasteiger partial charge in [0.05, 0.1) is 12.3 Å². The van der Waals surface area contributed by atoms with Crippen LogP contribution in [-0.4, -0.2) is 11.6 Å². The third-order valence-corrected chi connectivity index (χ3v) is 5.80. The van der Waals surface area contributed by atoms with Crippen molar-refractivity contribution in [3.05, 3.63) is 59.4 Å². The Kier molecular flexibility index (Phi) is 7.50. The highest BCUT2D eigenvalue weighted by Gasteiger charge is 2.21. The van der Waals surface area contributed by atoms with Crippen LogP contribution in [-0.2, 0) is 0 Å². The Bertz CT molecular complexity index is 694. The van der Waals surface area contributed by atoms with Crippen LogP contribution in [0.4, 0.5) is 0 Å². The smallest absolute Gasteiger partial charge is 0.119 e. The van der Waals surface area contributed by atoms with Crippen molar-refractivity contribution < 1.29 is 4.74 Å². The summed E-state index contributed by atoms with van der Waals surface area (Å²) < 4.78 is 5.71. The molecular formula is C25H33NO. The number of ether oxygens (including phenoxy) is 1. The lowest BCUT2D eigenvalue weighted by molar-refractivity contribution is 0.309. The molecule has 1 saturated carbocycles. The first-order valence-corrected chi connectivity index (χ1v) is 10.7. The molecule has 1 fully saturated rings. The maximum Gasteiger partial charge on any atom is 0.119 e. The Hall–Kier alpha value is -2.09. The van der Waals surface area contributed by atoms with Crippen molar-refractivity contribution in [2.75, 3.05) is 6.61 Å². The molecule has 0 radical (unpaired) electrons. The number of rotatable bonds is 8. The Morgan fingerprint density at radius 3 is 2.37 bits per heavy atom. The second-order valence-corrected chi connectivity index (χ2v) is 7.75. The predicted octanol–water partition coefficient (Wildman–Crippen LogP) is 7.11. The summed E-state index contributed by atoms with van der Waals surface area (Å²) in [5, 5.41) is 0. The molecule has 2 nitrogen and oxygen atoms in total. The molecule has 0 saturated heterocycles. The third kappa shape index (κ3) is 5.95. The molecule has 144 valence electrons. The molecule has 1 aliphatic rings. The first-order valence-electron chi connectivity index (χ1n) is 10.7. The molecule has 0 amide bonds. The minimum atomic E-state index is 0.707. The van der Waals surface area contributed by atoms with Crippen LogP contribution < -0.4 is 4.74 Å². The van der Waals surface area contributed by atoms with Gasteiger partial charge in [-0.1, -0.05) is 51.0 Å². The Balaban J connectivity index is 1.53. The van der Waals surface area contributed by atoms with Gasteiger partial charge in [-0.2, -0.15) is 0 Å². The first kappa shape index (κ1) is 19.7. The van der Waals surface area contributed by atoms with Gasteiger partial charge in [-0.3, -0.25) is 4.98 Å². The molecule has 0 atom stereocenters. The number of aromatic nitrogens is 1. The van der Waals surface area contributed by atoms with E-state index < -0.39 is 0 Å². The van der Waals surface area contributed by atoms with E-state index in [0.29, 0.717) is 5.92 Å². The van der Waals surface area contributed by atoms with Crippen molar-refractivity contribution in [2.24, 2.45) is 5.92 Å². The van der Waals surface area contributed by atoms with E-state index in [0.717, 1.165) is 36.8 Å². The molecule has 27 heavy (non-hydrogen) atoms. The maximum atomic E-state index is 5.71. The molecule has 0 aliphatic heterocycles. The van der Waals surface area contributed by atoms with Crippen LogP contribution in [0.3, 0.4) is 0 Å². The van der Waals surface area contributed by atoms with Crippen molar-refractivity contribution in [1.29, 1.82) is 0 Å². The van der Waals surface area contributed by atoms with Crippen molar-refractivity contribution in [1.82, 2.24) is 4.98 Å². The molecule has 0 unspecified atom stereocenters. The van der Waals surface area contributed by atoms with Crippen molar-refractivity contribution >= 4 is 12.2 Å². The molecule has 1 aromatic heterocycles. The van der Waals surface area contributed by atoms with Crippen LogP contribution >= 0.6 is 0 Å². The van der Waals surface area contributed by atoms with E-state index in [1.165, 1.54) is 43.2 Å². The fourth-order valence-electron chi connectivity index (χ4n) is 3.85. The minimum absolute atomic E-state index is 0.707. The van der Waals surface area contributed by atoms with E-state index in [2.05, 4.69) is 61.4 Å². The van der Waals surface area contributed by atoms with Crippen LogP contribution in [0.15, 0.2) is 42.6 Å². The highest BCUT2D eigenvalue weighted by atomic mass is 16.5. The maximum absolute atomic E-state index is 5.71. The van der Waals surface area contributed by atoms with Gasteiger partial charge in [-0.15, -0.1) is 0 Å². The second-order valence-electron chi connectivity index (χ2n) is 7.75. The lowest BCUT2D eigenvalue weighted by Crippen LogP contribution is -2.12. The quantitative estimate of drug-likeness (QED) is 0.466. The largest absolute Gasteiger partial charge is 0.494 e. The second kappa shape index (κ2) is 10.3. The van der Waals surface area contributed by atoms with Crippen LogP contribution in [0.5, 0.6) is 5.75 Å². The summed E-state index contributed by atoms with van der Waals surface area (Å²) in [5.74, 6) is 2.60. The summed E-state index contributed by atoms with van der Waals surface area (Å²) in [6, 6.07) is 12.7. The van der Waals surface area contributed by atoms with Gasteiger partial charge in [0, 0.05) is 6.20 Å². The monoisotopic (exact) mass is 363 g/mol. The van der Waals surface area contributed by atoms with Gasteiger partial charge >= 0.3 is 0 Å². The molecule has 2 aromatic rings. The number of pyridine rings is 1. The predicted molar refractivity (Wildman–Crippen MR) is 115 cm³/mol. The Morgan fingerprint density at radius 2 is 1.74 bits per heavy atom. The zero-order chi connectivity index (χ0) is 18.9. The van der Waals surface area contributed by atoms with Gasteiger partial charge in [-0.25, -0.2) is 0 Å². The zero-order valence-corrected chi connectivity index (χ0v) is 16.9. The third-order valence-electron chi connectivity index (χ3n) is 5.80. The molecule has 1 aliphatic carbocycles. The van der Waals surface area contributed by atoms with Crippen molar-refractivity contribution in [3.63, 3.8) is 0 Å². The SMILES string of the molecule is CCCCOc1ccc(C=Cc2ccc(C3CCC(CC)CC3)cn2)cc1. The van der Waals surface area contributed by atoms with E-state index >= 15 is 0 Å². The molecule has 0 N–H and O–H groups in total. The standard InChI is InChI=1S/C25H33NO/c1-3-5-18-27-25-16-9-21(10-17-25)8-14-24-15-13-23(19-26-24)22-11-6-20(4-2)7-12-22/h8-10,13-17,19-20,22H,3-7,11-12,18H2,1-2H3. The lowest BCUT2D eigenvalue weighted by Gasteiger charge is -2.27. The molecular weight excluding hydrogens is 330 g/mol. The highest BCUT2D eigenvalue weighted by Crippen LogP contribution is 2.36. The van der Waals surface area contributed by atoms with E-state index in [1.54, 1.807) is 0 Å². The molecule has 1 heterocycles. The number of hydrogen-bond acceptors (Lipinski definition) is 2. The van der Waals surface area contributed by atoms with Crippen LogP contribution in [0, 0.1) is 5.92 Å².